The highest BCUT2D eigenvalue weighted by atomic mass is 35.5. The van der Waals surface area contributed by atoms with Gasteiger partial charge >= 0.3 is 0 Å². The number of halogens is 2. The molecule has 5 nitrogen and oxygen atoms in total. The summed E-state index contributed by atoms with van der Waals surface area (Å²) in [6, 6.07) is 20.1. The van der Waals surface area contributed by atoms with Crippen LogP contribution in [0, 0.1) is 6.92 Å². The number of carbonyl (C=O) groups is 1. The lowest BCUT2D eigenvalue weighted by molar-refractivity contribution is 0.0932. The number of aryl methyl sites for hydroxylation is 1. The van der Waals surface area contributed by atoms with E-state index < -0.39 is 0 Å². The van der Waals surface area contributed by atoms with E-state index in [0.717, 1.165) is 11.3 Å². The van der Waals surface area contributed by atoms with Crippen LogP contribution in [0.2, 0.25) is 10.0 Å². The third kappa shape index (κ3) is 4.13. The molecule has 152 valence electrons. The normalized spacial score (nSPS) is 12.0. The van der Waals surface area contributed by atoms with E-state index in [1.54, 1.807) is 28.9 Å². The van der Waals surface area contributed by atoms with E-state index in [9.17, 15) is 4.79 Å². The number of amides is 1. The van der Waals surface area contributed by atoms with Gasteiger partial charge < -0.3 is 9.73 Å². The molecule has 30 heavy (non-hydrogen) atoms. The summed E-state index contributed by atoms with van der Waals surface area (Å²) in [5.74, 6) is 1.08. The molecule has 4 rings (SSSR count). The number of carbonyl (C=O) groups excluding carboxylic acids is 1. The quantitative estimate of drug-likeness (QED) is 0.400. The standard InChI is InChI=1S/C23H19Cl2N3O2/c1-14-8-11-22(30-14)20-13-21(23(29)26-15(2)16-6-4-3-5-7-16)28(27-20)17-9-10-18(24)19(25)12-17/h3-13,15H,1-2H3,(H,26,29). The second kappa shape index (κ2) is 8.38. The Hall–Kier alpha value is -3.02. The Kier molecular flexibility index (Phi) is 5.66. The van der Waals surface area contributed by atoms with E-state index in [4.69, 9.17) is 27.6 Å². The number of nitrogens with one attached hydrogen (secondary N) is 1. The maximum atomic E-state index is 13.2. The molecule has 1 N–H and O–H groups in total. The van der Waals surface area contributed by atoms with Crippen molar-refractivity contribution in [3.05, 3.63) is 93.8 Å². The van der Waals surface area contributed by atoms with Gasteiger partial charge in [0.05, 0.1) is 21.8 Å². The zero-order chi connectivity index (χ0) is 21.3. The van der Waals surface area contributed by atoms with Crippen molar-refractivity contribution in [2.24, 2.45) is 0 Å². The molecule has 2 aromatic carbocycles. The van der Waals surface area contributed by atoms with Crippen LogP contribution < -0.4 is 5.32 Å². The van der Waals surface area contributed by atoms with Crippen LogP contribution in [-0.4, -0.2) is 15.7 Å². The molecule has 0 saturated heterocycles. The highest BCUT2D eigenvalue weighted by Crippen LogP contribution is 2.28. The molecule has 2 aromatic heterocycles. The van der Waals surface area contributed by atoms with Gasteiger partial charge in [0.25, 0.3) is 5.91 Å². The number of rotatable bonds is 5. The van der Waals surface area contributed by atoms with Crippen molar-refractivity contribution in [2.45, 2.75) is 19.9 Å². The predicted octanol–water partition coefficient (Wildman–Crippen LogP) is 6.24. The van der Waals surface area contributed by atoms with Crippen molar-refractivity contribution >= 4 is 29.1 Å². The summed E-state index contributed by atoms with van der Waals surface area (Å²) in [6.45, 7) is 3.79. The van der Waals surface area contributed by atoms with Gasteiger partial charge in [-0.05, 0) is 49.7 Å². The first kappa shape index (κ1) is 20.3. The molecule has 0 spiro atoms. The number of hydrogen-bond donors (Lipinski definition) is 1. The first-order chi connectivity index (χ1) is 14.4. The molecule has 0 fully saturated rings. The minimum absolute atomic E-state index is 0.176. The molecule has 7 heteroatoms. The van der Waals surface area contributed by atoms with Gasteiger partial charge in [-0.25, -0.2) is 4.68 Å². The molecule has 1 atom stereocenters. The summed E-state index contributed by atoms with van der Waals surface area (Å²) in [5.41, 5.74) is 2.54. The fourth-order valence-corrected chi connectivity index (χ4v) is 3.44. The minimum atomic E-state index is -0.264. The van der Waals surface area contributed by atoms with Crippen LogP contribution >= 0.6 is 23.2 Å². The van der Waals surface area contributed by atoms with Crippen molar-refractivity contribution in [3.8, 4) is 17.1 Å². The van der Waals surface area contributed by atoms with Crippen LogP contribution in [0.1, 0.15) is 34.8 Å². The average molecular weight is 440 g/mol. The molecule has 2 heterocycles. The van der Waals surface area contributed by atoms with Crippen LogP contribution in [0.15, 0.2) is 71.1 Å². The van der Waals surface area contributed by atoms with Crippen molar-refractivity contribution in [1.29, 1.82) is 0 Å². The summed E-state index contributed by atoms with van der Waals surface area (Å²) >= 11 is 12.3. The zero-order valence-corrected chi connectivity index (χ0v) is 17.9. The van der Waals surface area contributed by atoms with Crippen LogP contribution in [-0.2, 0) is 0 Å². The van der Waals surface area contributed by atoms with E-state index in [1.807, 2.05) is 56.3 Å². The molecule has 0 radical (unpaired) electrons. The molecule has 4 aromatic rings. The molecule has 1 amide bonds. The second-order valence-corrected chi connectivity index (χ2v) is 7.76. The Labute approximate surface area is 184 Å². The second-order valence-electron chi connectivity index (χ2n) is 6.94. The maximum Gasteiger partial charge on any atom is 0.270 e. The molecule has 0 saturated carbocycles. The molecule has 1 unspecified atom stereocenters. The van der Waals surface area contributed by atoms with Gasteiger partial charge in [0.1, 0.15) is 17.1 Å². The average Bonchev–Trinajstić information content (AvgIpc) is 3.37. The number of aromatic nitrogens is 2. The largest absolute Gasteiger partial charge is 0.460 e. The third-order valence-electron chi connectivity index (χ3n) is 4.73. The van der Waals surface area contributed by atoms with Crippen molar-refractivity contribution in [3.63, 3.8) is 0 Å². The van der Waals surface area contributed by atoms with Crippen LogP contribution in [0.5, 0.6) is 0 Å². The van der Waals surface area contributed by atoms with Gasteiger partial charge in [-0.3, -0.25) is 4.79 Å². The van der Waals surface area contributed by atoms with Crippen molar-refractivity contribution < 1.29 is 9.21 Å². The fourth-order valence-electron chi connectivity index (χ4n) is 3.14. The lowest BCUT2D eigenvalue weighted by atomic mass is 10.1. The Bertz CT molecular complexity index is 1200. The van der Waals surface area contributed by atoms with Gasteiger partial charge in [0, 0.05) is 6.07 Å². The first-order valence-electron chi connectivity index (χ1n) is 9.40. The summed E-state index contributed by atoms with van der Waals surface area (Å²) < 4.78 is 7.24. The van der Waals surface area contributed by atoms with Crippen molar-refractivity contribution in [2.75, 3.05) is 0 Å². The van der Waals surface area contributed by atoms with Crippen LogP contribution in [0.3, 0.4) is 0 Å². The van der Waals surface area contributed by atoms with E-state index in [0.29, 0.717) is 32.9 Å². The molecule has 0 aliphatic rings. The number of benzene rings is 2. The Balaban J connectivity index is 1.73. The number of hydrogen-bond acceptors (Lipinski definition) is 3. The summed E-state index contributed by atoms with van der Waals surface area (Å²) in [5, 5.41) is 8.43. The molecule has 0 aliphatic carbocycles. The van der Waals surface area contributed by atoms with E-state index >= 15 is 0 Å². The lowest BCUT2D eigenvalue weighted by Crippen LogP contribution is -2.28. The predicted molar refractivity (Wildman–Crippen MR) is 118 cm³/mol. The smallest absolute Gasteiger partial charge is 0.270 e. The number of furan rings is 1. The van der Waals surface area contributed by atoms with Gasteiger partial charge in [0.15, 0.2) is 5.76 Å². The Morgan fingerprint density at radius 3 is 2.47 bits per heavy atom. The van der Waals surface area contributed by atoms with E-state index in [1.165, 1.54) is 0 Å². The third-order valence-corrected chi connectivity index (χ3v) is 5.47. The van der Waals surface area contributed by atoms with Gasteiger partial charge in [-0.1, -0.05) is 53.5 Å². The first-order valence-corrected chi connectivity index (χ1v) is 10.2. The van der Waals surface area contributed by atoms with E-state index in [2.05, 4.69) is 10.4 Å². The fraction of sp³-hybridized carbons (Fsp3) is 0.130. The summed E-state index contributed by atoms with van der Waals surface area (Å²) in [7, 11) is 0. The number of nitrogens with zero attached hydrogens (tertiary/aromatic N) is 2. The Morgan fingerprint density at radius 1 is 1.03 bits per heavy atom. The van der Waals surface area contributed by atoms with Gasteiger partial charge in [-0.15, -0.1) is 0 Å². The van der Waals surface area contributed by atoms with Gasteiger partial charge in [0.2, 0.25) is 0 Å². The molecular formula is C23H19Cl2N3O2. The molecular weight excluding hydrogens is 421 g/mol. The Morgan fingerprint density at radius 2 is 1.80 bits per heavy atom. The zero-order valence-electron chi connectivity index (χ0n) is 16.4. The van der Waals surface area contributed by atoms with E-state index in [-0.39, 0.29) is 11.9 Å². The molecule has 0 aliphatic heterocycles. The maximum absolute atomic E-state index is 13.2. The highest BCUT2D eigenvalue weighted by molar-refractivity contribution is 6.42. The summed E-state index contributed by atoms with van der Waals surface area (Å²) in [6.07, 6.45) is 0. The van der Waals surface area contributed by atoms with Crippen molar-refractivity contribution in [1.82, 2.24) is 15.1 Å². The molecule has 0 bridgehead atoms. The van der Waals surface area contributed by atoms with Crippen LogP contribution in [0.4, 0.5) is 0 Å². The highest BCUT2D eigenvalue weighted by Gasteiger charge is 2.21. The van der Waals surface area contributed by atoms with Crippen LogP contribution in [0.25, 0.3) is 17.1 Å². The summed E-state index contributed by atoms with van der Waals surface area (Å²) in [4.78, 5) is 13.2. The monoisotopic (exact) mass is 439 g/mol. The lowest BCUT2D eigenvalue weighted by Gasteiger charge is -2.15. The topological polar surface area (TPSA) is 60.1 Å². The SMILES string of the molecule is Cc1ccc(-c2cc(C(=O)NC(C)c3ccccc3)n(-c3ccc(Cl)c(Cl)c3)n2)o1. The minimum Gasteiger partial charge on any atom is -0.460 e. The van der Waals surface area contributed by atoms with Gasteiger partial charge in [-0.2, -0.15) is 5.10 Å².